The number of rotatable bonds is 6. The van der Waals surface area contributed by atoms with Crippen LogP contribution in [0.4, 0.5) is 0 Å². The molecule has 0 amide bonds. The van der Waals surface area contributed by atoms with E-state index < -0.39 is 26.3 Å². The molecule has 24 heavy (non-hydrogen) atoms. The summed E-state index contributed by atoms with van der Waals surface area (Å²) in [5, 5.41) is 0. The Bertz CT molecular complexity index is 787. The van der Waals surface area contributed by atoms with Crippen LogP contribution in [0.3, 0.4) is 0 Å². The first-order valence-corrected chi connectivity index (χ1v) is 11.5. The maximum absolute atomic E-state index is 11.5. The van der Waals surface area contributed by atoms with E-state index in [4.69, 9.17) is 8.37 Å². The van der Waals surface area contributed by atoms with Crippen LogP contribution in [0, 0.1) is 17.8 Å². The standard InChI is InChI=1S/C16H22O6S2/c1-23(17,18)21-10-14-13-8-12(9-15(13)22-24(2,19)20)16(14)11-6-4-3-5-7-11/h3-7,12-16H,8-10H2,1-2H3. The molecule has 0 heterocycles. The summed E-state index contributed by atoms with van der Waals surface area (Å²) in [6.07, 6.45) is 3.19. The molecule has 0 saturated heterocycles. The van der Waals surface area contributed by atoms with Crippen molar-refractivity contribution in [3.63, 3.8) is 0 Å². The van der Waals surface area contributed by atoms with Crippen LogP contribution in [0.2, 0.25) is 0 Å². The van der Waals surface area contributed by atoms with Gasteiger partial charge in [-0.25, -0.2) is 0 Å². The summed E-state index contributed by atoms with van der Waals surface area (Å²) in [7, 11) is -7.08. The average Bonchev–Trinajstić information content (AvgIpc) is 3.00. The third-order valence-corrected chi connectivity index (χ3v) is 6.23. The van der Waals surface area contributed by atoms with Gasteiger partial charge in [-0.2, -0.15) is 16.8 Å². The van der Waals surface area contributed by atoms with Crippen molar-refractivity contribution in [1.29, 1.82) is 0 Å². The normalized spacial score (nSPS) is 33.0. The lowest BCUT2D eigenvalue weighted by molar-refractivity contribution is 0.0737. The van der Waals surface area contributed by atoms with Gasteiger partial charge in [0.25, 0.3) is 20.2 Å². The van der Waals surface area contributed by atoms with E-state index in [2.05, 4.69) is 0 Å². The van der Waals surface area contributed by atoms with Crippen molar-refractivity contribution in [2.45, 2.75) is 24.9 Å². The summed E-state index contributed by atoms with van der Waals surface area (Å²) in [6, 6.07) is 9.92. The van der Waals surface area contributed by atoms with Gasteiger partial charge in [0, 0.05) is 0 Å². The number of hydrogen-bond donors (Lipinski definition) is 0. The van der Waals surface area contributed by atoms with E-state index in [0.29, 0.717) is 6.42 Å². The van der Waals surface area contributed by atoms with Gasteiger partial charge < -0.3 is 0 Å². The van der Waals surface area contributed by atoms with E-state index >= 15 is 0 Å². The van der Waals surface area contributed by atoms with Crippen molar-refractivity contribution in [2.75, 3.05) is 19.1 Å². The van der Waals surface area contributed by atoms with Gasteiger partial charge in [-0.3, -0.25) is 8.37 Å². The molecule has 5 atom stereocenters. The number of benzene rings is 1. The molecule has 134 valence electrons. The van der Waals surface area contributed by atoms with E-state index in [9.17, 15) is 16.8 Å². The quantitative estimate of drug-likeness (QED) is 0.705. The van der Waals surface area contributed by atoms with Crippen molar-refractivity contribution >= 4 is 20.2 Å². The number of hydrogen-bond acceptors (Lipinski definition) is 6. The molecule has 2 saturated carbocycles. The molecule has 0 N–H and O–H groups in total. The highest BCUT2D eigenvalue weighted by Gasteiger charge is 2.54. The van der Waals surface area contributed by atoms with E-state index in [1.807, 2.05) is 30.3 Å². The van der Waals surface area contributed by atoms with E-state index in [1.54, 1.807) is 0 Å². The van der Waals surface area contributed by atoms with Crippen molar-refractivity contribution in [3.05, 3.63) is 35.9 Å². The third kappa shape index (κ3) is 3.99. The van der Waals surface area contributed by atoms with E-state index in [-0.39, 0.29) is 30.3 Å². The Morgan fingerprint density at radius 1 is 1.00 bits per heavy atom. The zero-order valence-corrected chi connectivity index (χ0v) is 15.3. The van der Waals surface area contributed by atoms with Crippen LogP contribution in [0.15, 0.2) is 30.3 Å². The summed E-state index contributed by atoms with van der Waals surface area (Å²) in [5.41, 5.74) is 1.14. The molecule has 5 unspecified atom stereocenters. The minimum Gasteiger partial charge on any atom is -0.270 e. The van der Waals surface area contributed by atoms with Crippen molar-refractivity contribution < 1.29 is 25.2 Å². The summed E-state index contributed by atoms with van der Waals surface area (Å²) in [4.78, 5) is 0. The third-order valence-electron chi connectivity index (χ3n) is 5.06. The minimum absolute atomic E-state index is 0.0170. The predicted molar refractivity (Wildman–Crippen MR) is 89.4 cm³/mol. The largest absolute Gasteiger partial charge is 0.270 e. The predicted octanol–water partition coefficient (Wildman–Crippen LogP) is 1.75. The van der Waals surface area contributed by atoms with Crippen LogP contribution in [-0.4, -0.2) is 42.1 Å². The van der Waals surface area contributed by atoms with Crippen LogP contribution in [-0.2, 0) is 28.6 Å². The highest BCUT2D eigenvalue weighted by atomic mass is 32.2. The van der Waals surface area contributed by atoms with Gasteiger partial charge in [0.2, 0.25) is 0 Å². The molecule has 0 aromatic heterocycles. The number of fused-ring (bicyclic) bond motifs is 2. The van der Waals surface area contributed by atoms with Gasteiger partial charge >= 0.3 is 0 Å². The molecular weight excluding hydrogens is 352 g/mol. The van der Waals surface area contributed by atoms with Crippen molar-refractivity contribution in [3.8, 4) is 0 Å². The first-order chi connectivity index (χ1) is 11.1. The lowest BCUT2D eigenvalue weighted by Gasteiger charge is -2.35. The van der Waals surface area contributed by atoms with Gasteiger partial charge in [-0.1, -0.05) is 30.3 Å². The van der Waals surface area contributed by atoms with Crippen LogP contribution < -0.4 is 0 Å². The van der Waals surface area contributed by atoms with Crippen molar-refractivity contribution in [1.82, 2.24) is 0 Å². The Kier molecular flexibility index (Phi) is 4.76. The second-order valence-electron chi connectivity index (χ2n) is 6.82. The first-order valence-electron chi connectivity index (χ1n) is 7.91. The Morgan fingerprint density at radius 2 is 1.67 bits per heavy atom. The highest BCUT2D eigenvalue weighted by molar-refractivity contribution is 7.86. The molecule has 1 aromatic carbocycles. The van der Waals surface area contributed by atoms with Crippen LogP contribution in [0.25, 0.3) is 0 Å². The van der Waals surface area contributed by atoms with Crippen molar-refractivity contribution in [2.24, 2.45) is 17.8 Å². The van der Waals surface area contributed by atoms with Crippen LogP contribution in [0.5, 0.6) is 0 Å². The van der Waals surface area contributed by atoms with Gasteiger partial charge in [0.1, 0.15) is 0 Å². The molecular formula is C16H22O6S2. The highest BCUT2D eigenvalue weighted by Crippen LogP contribution is 2.57. The topological polar surface area (TPSA) is 86.7 Å². The first kappa shape index (κ1) is 17.8. The fraction of sp³-hybridized carbons (Fsp3) is 0.625. The Hall–Kier alpha value is -0.960. The zero-order chi connectivity index (χ0) is 17.5. The SMILES string of the molecule is CS(=O)(=O)OCC1C2CC(CC2OS(C)(=O)=O)C1c1ccccc1. The molecule has 2 fully saturated rings. The fourth-order valence-electron chi connectivity index (χ4n) is 4.39. The minimum atomic E-state index is -3.55. The van der Waals surface area contributed by atoms with E-state index in [0.717, 1.165) is 24.5 Å². The Morgan fingerprint density at radius 3 is 2.25 bits per heavy atom. The lowest BCUT2D eigenvalue weighted by Crippen LogP contribution is -2.36. The molecule has 6 nitrogen and oxygen atoms in total. The Labute approximate surface area is 143 Å². The molecule has 3 rings (SSSR count). The molecule has 2 aliphatic rings. The molecule has 0 aliphatic heterocycles. The van der Waals surface area contributed by atoms with Gasteiger partial charge in [0.05, 0.1) is 25.2 Å². The zero-order valence-electron chi connectivity index (χ0n) is 13.7. The summed E-state index contributed by atoms with van der Waals surface area (Å²) in [6.45, 7) is 0.0587. The average molecular weight is 374 g/mol. The van der Waals surface area contributed by atoms with Gasteiger partial charge in [0.15, 0.2) is 0 Å². The monoisotopic (exact) mass is 374 g/mol. The second-order valence-corrected chi connectivity index (χ2v) is 10.1. The molecule has 0 spiro atoms. The maximum atomic E-state index is 11.5. The molecule has 0 radical (unpaired) electrons. The summed E-state index contributed by atoms with van der Waals surface area (Å²) < 4.78 is 56.1. The van der Waals surface area contributed by atoms with E-state index in [1.165, 1.54) is 0 Å². The summed E-state index contributed by atoms with van der Waals surface area (Å²) >= 11 is 0. The second kappa shape index (κ2) is 6.40. The fourth-order valence-corrected chi connectivity index (χ4v) is 5.46. The molecule has 8 heteroatoms. The lowest BCUT2D eigenvalue weighted by atomic mass is 9.75. The van der Waals surface area contributed by atoms with Crippen LogP contribution in [0.1, 0.15) is 24.3 Å². The smallest absolute Gasteiger partial charge is 0.264 e. The van der Waals surface area contributed by atoms with Crippen LogP contribution >= 0.6 is 0 Å². The maximum Gasteiger partial charge on any atom is 0.264 e. The van der Waals surface area contributed by atoms with Gasteiger partial charge in [-0.15, -0.1) is 0 Å². The molecule has 2 bridgehead atoms. The Balaban J connectivity index is 1.85. The van der Waals surface area contributed by atoms with Gasteiger partial charge in [-0.05, 0) is 42.1 Å². The molecule has 2 aliphatic carbocycles. The molecule has 1 aromatic rings. The summed E-state index contributed by atoms with van der Waals surface area (Å²) in [5.74, 6) is 0.346.